The number of ether oxygens (including phenoxy) is 2. The Balaban J connectivity index is 0.714. The van der Waals surface area contributed by atoms with Crippen LogP contribution in [0.5, 0.6) is 34.5 Å². The van der Waals surface area contributed by atoms with Gasteiger partial charge in [-0.2, -0.15) is 0 Å². The van der Waals surface area contributed by atoms with Crippen LogP contribution in [0.2, 0.25) is 0 Å². The number of amides is 4. The number of carbonyl (C=O) groups is 4. The quantitative estimate of drug-likeness (QED) is 0.122. The second-order valence-corrected chi connectivity index (χ2v) is 22.4. The molecule has 0 unspecified atom stereocenters. The molecule has 0 bridgehead atoms. The number of rotatable bonds is 11. The van der Waals surface area contributed by atoms with Gasteiger partial charge in [-0.1, -0.05) is 170 Å². The maximum absolute atomic E-state index is 13.6. The van der Waals surface area contributed by atoms with Crippen LogP contribution in [-0.2, 0) is 10.8 Å². The smallest absolute Gasteiger partial charge is 0.266 e. The predicted octanol–water partition coefficient (Wildman–Crippen LogP) is 16.7. The number of hydrogen-bond donors (Lipinski definition) is 2. The number of nitrogens with zero attached hydrogens (tertiary/aromatic N) is 2. The van der Waals surface area contributed by atoms with Crippen LogP contribution in [0.25, 0.3) is 33.4 Å². The first-order valence-corrected chi connectivity index (χ1v) is 28.9. The molecule has 2 heterocycles. The zero-order valence-electron chi connectivity index (χ0n) is 46.8. The Bertz CT molecular complexity index is 4480. The Kier molecular flexibility index (Phi) is 11.7. The third-order valence-corrected chi connectivity index (χ3v) is 17.9. The molecule has 88 heavy (non-hydrogen) atoms. The summed E-state index contributed by atoms with van der Waals surface area (Å²) in [6.07, 6.45) is 0. The van der Waals surface area contributed by atoms with Gasteiger partial charge in [-0.25, -0.2) is 9.80 Å². The Morgan fingerprint density at radius 1 is 0.261 bits per heavy atom. The molecule has 2 aliphatic heterocycles. The molecule has 0 fully saturated rings. The highest BCUT2D eigenvalue weighted by atomic mass is 16.5. The Hall–Kier alpha value is -11.9. The highest BCUT2D eigenvalue weighted by Crippen LogP contribution is 2.58. The fourth-order valence-corrected chi connectivity index (χ4v) is 13.9. The average molecular weight is 1140 g/mol. The van der Waals surface area contributed by atoms with Gasteiger partial charge in [0.25, 0.3) is 23.6 Å². The third-order valence-electron chi connectivity index (χ3n) is 17.9. The largest absolute Gasteiger partial charge is 0.508 e. The van der Waals surface area contributed by atoms with Crippen LogP contribution in [0, 0.1) is 0 Å². The molecule has 4 amide bonds. The maximum atomic E-state index is 13.6. The van der Waals surface area contributed by atoms with Crippen LogP contribution < -0.4 is 19.3 Å². The van der Waals surface area contributed by atoms with Crippen molar-refractivity contribution in [3.8, 4) is 67.9 Å². The average Bonchev–Trinajstić information content (AvgIpc) is 1.55. The Morgan fingerprint density at radius 2 is 0.534 bits per heavy atom. The summed E-state index contributed by atoms with van der Waals surface area (Å²) in [5.74, 6) is 0.227. The molecule has 2 N–H and O–H groups in total. The SMILES string of the molecule is O=C1c2ccc(Oc3ccc(C4(c5ccc(-c6ccc(C7(c8ccc(Oc9ccc%10c(c9)C(=O)N(c9ccc(O)cc9)C%10=O)cc8)c8ccccc8-c8ccccc87)cc6)cc5)c5ccccc5-c5ccccc54)cc3)cc2C(=O)N1c1ccc(O)cc1. The van der Waals surface area contributed by atoms with Crippen LogP contribution in [0.15, 0.2) is 279 Å². The van der Waals surface area contributed by atoms with Gasteiger partial charge in [0, 0.05) is 0 Å². The van der Waals surface area contributed by atoms with Crippen molar-refractivity contribution in [2.75, 3.05) is 9.80 Å². The summed E-state index contributed by atoms with van der Waals surface area (Å²) < 4.78 is 12.8. The molecule has 10 heteroatoms. The van der Waals surface area contributed by atoms with Crippen molar-refractivity contribution in [3.05, 3.63) is 346 Å². The molecular formula is C78H48N2O8. The minimum Gasteiger partial charge on any atom is -0.508 e. The minimum absolute atomic E-state index is 0.0353. The molecule has 0 atom stereocenters. The van der Waals surface area contributed by atoms with E-state index in [0.29, 0.717) is 34.4 Å². The van der Waals surface area contributed by atoms with Crippen molar-refractivity contribution in [3.63, 3.8) is 0 Å². The van der Waals surface area contributed by atoms with Crippen LogP contribution in [-0.4, -0.2) is 33.8 Å². The topological polar surface area (TPSA) is 134 Å². The molecule has 10 nitrogen and oxygen atoms in total. The maximum Gasteiger partial charge on any atom is 0.266 e. The highest BCUT2D eigenvalue weighted by Gasteiger charge is 2.48. The summed E-state index contributed by atoms with van der Waals surface area (Å²) in [5.41, 5.74) is 16.1. The third kappa shape index (κ3) is 7.75. The molecule has 0 spiro atoms. The number of anilines is 2. The highest BCUT2D eigenvalue weighted by molar-refractivity contribution is 6.35. The lowest BCUT2D eigenvalue weighted by Gasteiger charge is -2.34. The second-order valence-electron chi connectivity index (χ2n) is 22.4. The van der Waals surface area contributed by atoms with E-state index in [9.17, 15) is 29.4 Å². The molecule has 0 radical (unpaired) electrons. The lowest BCUT2D eigenvalue weighted by atomic mass is 9.67. The zero-order valence-corrected chi connectivity index (χ0v) is 46.8. The van der Waals surface area contributed by atoms with Crippen molar-refractivity contribution < 1.29 is 38.9 Å². The fraction of sp³-hybridized carbons (Fsp3) is 0.0256. The van der Waals surface area contributed by atoms with Crippen LogP contribution in [0.1, 0.15) is 85.9 Å². The van der Waals surface area contributed by atoms with Gasteiger partial charge in [0.15, 0.2) is 0 Å². The summed E-state index contributed by atoms with van der Waals surface area (Å²) in [6, 6.07) is 90.3. The number of benzene rings is 12. The van der Waals surface area contributed by atoms with Crippen LogP contribution >= 0.6 is 0 Å². The molecule has 0 aromatic heterocycles. The number of hydrogen-bond acceptors (Lipinski definition) is 8. The standard InChI is InChI=1S/C78H48N2O8/c81-55-33-29-53(30-34-55)79-73(83)65-43-41-59(45-67(65)75(79)85)87-57-37-25-51(26-38-57)77(69-13-5-1-9-61(69)62-10-2-6-14-70(62)77)49-21-17-47(18-22-49)48-19-23-50(24-20-48)78(71-15-7-3-11-63(71)64-12-4-8-16-72(64)78)52-27-39-58(40-28-52)88-60-42-44-66-68(46-60)76(86)80(74(66)84)54-31-35-56(82)36-32-54/h1-46,81-82H. The number of phenols is 2. The van der Waals surface area contributed by atoms with Gasteiger partial charge in [-0.05, 0) is 187 Å². The molecule has 2 aliphatic carbocycles. The van der Waals surface area contributed by atoms with Crippen molar-refractivity contribution >= 4 is 35.0 Å². The Labute approximate surface area is 505 Å². The van der Waals surface area contributed by atoms with Gasteiger partial charge in [-0.15, -0.1) is 0 Å². The second kappa shape index (κ2) is 19.9. The molecule has 12 aromatic rings. The van der Waals surface area contributed by atoms with E-state index < -0.39 is 34.5 Å². The van der Waals surface area contributed by atoms with Gasteiger partial charge in [-0.3, -0.25) is 19.2 Å². The normalized spacial score (nSPS) is 14.5. The number of fused-ring (bicyclic) bond motifs is 8. The molecule has 16 rings (SSSR count). The number of phenolic OH excluding ortho intramolecular Hbond substituents is 2. The summed E-state index contributed by atoms with van der Waals surface area (Å²) in [5, 5.41) is 19.6. The summed E-state index contributed by atoms with van der Waals surface area (Å²) >= 11 is 0. The van der Waals surface area contributed by atoms with E-state index in [1.165, 1.54) is 93.0 Å². The van der Waals surface area contributed by atoms with E-state index >= 15 is 0 Å². The monoisotopic (exact) mass is 1140 g/mol. The first-order chi connectivity index (χ1) is 43.1. The lowest BCUT2D eigenvalue weighted by Crippen LogP contribution is -2.29. The van der Waals surface area contributed by atoms with Gasteiger partial charge in [0.1, 0.15) is 34.5 Å². The van der Waals surface area contributed by atoms with E-state index in [1.54, 1.807) is 36.4 Å². The first-order valence-electron chi connectivity index (χ1n) is 28.9. The van der Waals surface area contributed by atoms with Crippen molar-refractivity contribution in [1.82, 2.24) is 0 Å². The van der Waals surface area contributed by atoms with E-state index in [0.717, 1.165) is 43.2 Å². The summed E-state index contributed by atoms with van der Waals surface area (Å²) in [7, 11) is 0. The van der Waals surface area contributed by atoms with Crippen molar-refractivity contribution in [2.24, 2.45) is 0 Å². The van der Waals surface area contributed by atoms with Crippen molar-refractivity contribution in [1.29, 1.82) is 0 Å². The zero-order chi connectivity index (χ0) is 59.4. The van der Waals surface area contributed by atoms with Crippen LogP contribution in [0.3, 0.4) is 0 Å². The van der Waals surface area contributed by atoms with Gasteiger partial charge < -0.3 is 19.7 Å². The minimum atomic E-state index is -0.694. The van der Waals surface area contributed by atoms with Gasteiger partial charge in [0.2, 0.25) is 0 Å². The molecule has 0 saturated carbocycles. The molecule has 418 valence electrons. The van der Waals surface area contributed by atoms with E-state index in [1.807, 2.05) is 24.3 Å². The van der Waals surface area contributed by atoms with Gasteiger partial charge in [0.05, 0.1) is 44.5 Å². The Morgan fingerprint density at radius 3 is 0.852 bits per heavy atom. The first kappa shape index (κ1) is 51.7. The molecule has 4 aliphatic rings. The molecule has 12 aromatic carbocycles. The van der Waals surface area contributed by atoms with Crippen LogP contribution in [0.4, 0.5) is 11.4 Å². The number of carbonyl (C=O) groups excluding carboxylic acids is 4. The van der Waals surface area contributed by atoms with E-state index in [2.05, 4.69) is 170 Å². The van der Waals surface area contributed by atoms with E-state index in [-0.39, 0.29) is 33.8 Å². The lowest BCUT2D eigenvalue weighted by molar-refractivity contribution is 0.0910. The van der Waals surface area contributed by atoms with E-state index in [4.69, 9.17) is 9.47 Å². The number of aromatic hydroxyl groups is 2. The van der Waals surface area contributed by atoms with Crippen molar-refractivity contribution in [2.45, 2.75) is 10.8 Å². The molecule has 0 saturated heterocycles. The predicted molar refractivity (Wildman–Crippen MR) is 338 cm³/mol. The van der Waals surface area contributed by atoms with Gasteiger partial charge >= 0.3 is 0 Å². The summed E-state index contributed by atoms with van der Waals surface area (Å²) in [6.45, 7) is 0. The summed E-state index contributed by atoms with van der Waals surface area (Å²) in [4.78, 5) is 56.3. The number of imide groups is 2. The fourth-order valence-electron chi connectivity index (χ4n) is 13.9. The molecular weight excluding hydrogens is 1090 g/mol.